The molecule has 0 unspecified atom stereocenters. The van der Waals surface area contributed by atoms with Gasteiger partial charge in [-0.05, 0) is 0 Å². The summed E-state index contributed by atoms with van der Waals surface area (Å²) in [5.74, 6) is 8.44. The zero-order valence-electron chi connectivity index (χ0n) is 12.1. The fraction of sp³-hybridized carbons (Fsp3) is 0.500. The number of nitrogens with zero attached hydrogens (tertiary/aromatic N) is 4. The maximum Gasteiger partial charge on any atom is 0.223 e. The summed E-state index contributed by atoms with van der Waals surface area (Å²) >= 11 is 0. The zero-order valence-corrected chi connectivity index (χ0v) is 12.1. The quantitative estimate of drug-likeness (QED) is 0.567. The third-order valence-electron chi connectivity index (χ3n) is 2.54. The molecule has 2 heterocycles. The second-order valence-electron chi connectivity index (χ2n) is 5.44. The van der Waals surface area contributed by atoms with E-state index >= 15 is 0 Å². The van der Waals surface area contributed by atoms with Gasteiger partial charge in [0.25, 0.3) is 0 Å². The van der Waals surface area contributed by atoms with Crippen LogP contribution in [0, 0.1) is 6.92 Å². The van der Waals surface area contributed by atoms with Crippen molar-refractivity contribution in [3.8, 4) is 0 Å². The first-order chi connectivity index (χ1) is 9.38. The highest BCUT2D eigenvalue weighted by molar-refractivity contribution is 5.47. The maximum absolute atomic E-state index is 5.43. The van der Waals surface area contributed by atoms with Gasteiger partial charge in [0.15, 0.2) is 5.82 Å². The van der Waals surface area contributed by atoms with Crippen molar-refractivity contribution in [1.29, 1.82) is 0 Å². The number of anilines is 2. The van der Waals surface area contributed by atoms with E-state index in [2.05, 4.69) is 30.9 Å². The van der Waals surface area contributed by atoms with Crippen LogP contribution in [0.15, 0.2) is 10.6 Å². The largest absolute Gasteiger partial charge is 0.362 e. The van der Waals surface area contributed by atoms with Gasteiger partial charge in [-0.2, -0.15) is 4.98 Å². The Morgan fingerprint density at radius 3 is 2.45 bits per heavy atom. The summed E-state index contributed by atoms with van der Waals surface area (Å²) in [7, 11) is 0. The topological polar surface area (TPSA) is 115 Å². The molecule has 20 heavy (non-hydrogen) atoms. The molecule has 0 amide bonds. The minimum Gasteiger partial charge on any atom is -0.362 e. The molecule has 8 heteroatoms. The van der Waals surface area contributed by atoms with Crippen molar-refractivity contribution in [2.24, 2.45) is 5.84 Å². The van der Waals surface area contributed by atoms with Crippen LogP contribution in [0.4, 0.5) is 11.6 Å². The van der Waals surface area contributed by atoms with Crippen LogP contribution in [0.25, 0.3) is 0 Å². The van der Waals surface area contributed by atoms with Crippen molar-refractivity contribution >= 4 is 11.6 Å². The first-order valence-corrected chi connectivity index (χ1v) is 6.28. The van der Waals surface area contributed by atoms with Crippen molar-refractivity contribution in [2.75, 3.05) is 10.7 Å². The Labute approximate surface area is 117 Å². The number of nitrogens with one attached hydrogen (secondary N) is 2. The number of hydrogen-bond donors (Lipinski definition) is 3. The normalized spacial score (nSPS) is 11.4. The molecule has 0 atom stereocenters. The molecule has 0 spiro atoms. The molecule has 0 aromatic carbocycles. The zero-order chi connectivity index (χ0) is 14.8. The summed E-state index contributed by atoms with van der Waals surface area (Å²) < 4.78 is 4.91. The lowest BCUT2D eigenvalue weighted by Gasteiger charge is -2.18. The van der Waals surface area contributed by atoms with Crippen LogP contribution in [0.2, 0.25) is 0 Å². The highest BCUT2D eigenvalue weighted by Gasteiger charge is 2.19. The van der Waals surface area contributed by atoms with Crippen LogP contribution in [0.3, 0.4) is 0 Å². The molecular weight excluding hydrogens is 258 g/mol. The third-order valence-corrected chi connectivity index (χ3v) is 2.54. The molecule has 0 radical (unpaired) electrons. The van der Waals surface area contributed by atoms with E-state index in [0.29, 0.717) is 35.7 Å². The minimum atomic E-state index is -0.175. The van der Waals surface area contributed by atoms with E-state index in [-0.39, 0.29) is 5.41 Å². The number of aryl methyl sites for hydroxylation is 1. The fourth-order valence-electron chi connectivity index (χ4n) is 1.53. The van der Waals surface area contributed by atoms with Gasteiger partial charge in [-0.15, -0.1) is 0 Å². The van der Waals surface area contributed by atoms with Crippen LogP contribution >= 0.6 is 0 Å². The number of nitrogens with two attached hydrogens (primary N) is 1. The van der Waals surface area contributed by atoms with Crippen molar-refractivity contribution in [1.82, 2.24) is 20.1 Å². The Morgan fingerprint density at radius 2 is 1.90 bits per heavy atom. The Hall–Kier alpha value is -2.22. The Morgan fingerprint density at radius 1 is 1.20 bits per heavy atom. The standard InChI is InChI=1S/C12H19N7O/c1-7-15-10(19-20-7)6-14-8-5-9(18-13)17-11(16-8)12(2,3)4/h5H,6,13H2,1-4H3,(H2,14,16,17,18). The molecule has 0 saturated carbocycles. The number of aromatic nitrogens is 4. The Balaban J connectivity index is 2.18. The predicted octanol–water partition coefficient (Wildman–Crippen LogP) is 1.36. The summed E-state index contributed by atoms with van der Waals surface area (Å²) in [6, 6.07) is 1.72. The molecule has 2 rings (SSSR count). The van der Waals surface area contributed by atoms with Gasteiger partial charge in [-0.3, -0.25) is 0 Å². The van der Waals surface area contributed by atoms with Gasteiger partial charge >= 0.3 is 0 Å². The molecule has 0 fully saturated rings. The van der Waals surface area contributed by atoms with Gasteiger partial charge in [0, 0.05) is 18.4 Å². The molecular formula is C12H19N7O. The van der Waals surface area contributed by atoms with E-state index in [4.69, 9.17) is 10.4 Å². The van der Waals surface area contributed by atoms with Gasteiger partial charge < -0.3 is 15.3 Å². The summed E-state index contributed by atoms with van der Waals surface area (Å²) in [6.07, 6.45) is 0. The molecule has 4 N–H and O–H groups in total. The molecule has 8 nitrogen and oxygen atoms in total. The van der Waals surface area contributed by atoms with Crippen LogP contribution < -0.4 is 16.6 Å². The van der Waals surface area contributed by atoms with E-state index in [1.165, 1.54) is 0 Å². The van der Waals surface area contributed by atoms with Gasteiger partial charge in [0.2, 0.25) is 5.89 Å². The Bertz CT molecular complexity index is 588. The van der Waals surface area contributed by atoms with E-state index in [1.807, 2.05) is 20.8 Å². The lowest BCUT2D eigenvalue weighted by Crippen LogP contribution is -2.20. The van der Waals surface area contributed by atoms with E-state index in [1.54, 1.807) is 13.0 Å². The van der Waals surface area contributed by atoms with Crippen molar-refractivity contribution in [3.05, 3.63) is 23.6 Å². The van der Waals surface area contributed by atoms with Crippen molar-refractivity contribution in [3.63, 3.8) is 0 Å². The van der Waals surface area contributed by atoms with E-state index in [9.17, 15) is 0 Å². The van der Waals surface area contributed by atoms with Crippen LogP contribution in [0.5, 0.6) is 0 Å². The highest BCUT2D eigenvalue weighted by atomic mass is 16.5. The maximum atomic E-state index is 5.43. The molecule has 0 aliphatic rings. The smallest absolute Gasteiger partial charge is 0.223 e. The monoisotopic (exact) mass is 277 g/mol. The SMILES string of the molecule is Cc1nc(CNc2cc(NN)nc(C(C)(C)C)n2)no1. The molecule has 2 aromatic rings. The average Bonchev–Trinajstić information content (AvgIpc) is 2.81. The highest BCUT2D eigenvalue weighted by Crippen LogP contribution is 2.22. The predicted molar refractivity (Wildman–Crippen MR) is 74.9 cm³/mol. The lowest BCUT2D eigenvalue weighted by molar-refractivity contribution is 0.388. The molecule has 108 valence electrons. The summed E-state index contributed by atoms with van der Waals surface area (Å²) in [5.41, 5.74) is 2.37. The second-order valence-corrected chi connectivity index (χ2v) is 5.44. The van der Waals surface area contributed by atoms with Crippen molar-refractivity contribution < 1.29 is 4.52 Å². The summed E-state index contributed by atoms with van der Waals surface area (Å²) in [4.78, 5) is 12.9. The molecule has 2 aromatic heterocycles. The number of nitrogen functional groups attached to an aromatic ring is 1. The third kappa shape index (κ3) is 3.41. The first-order valence-electron chi connectivity index (χ1n) is 6.28. The second kappa shape index (κ2) is 5.41. The van der Waals surface area contributed by atoms with Crippen molar-refractivity contribution in [2.45, 2.75) is 39.7 Å². The molecule has 0 aliphatic heterocycles. The van der Waals surface area contributed by atoms with Gasteiger partial charge in [0.05, 0.1) is 6.54 Å². The van der Waals surface area contributed by atoms with Gasteiger partial charge in [-0.25, -0.2) is 15.8 Å². The van der Waals surface area contributed by atoms with Crippen LogP contribution in [-0.2, 0) is 12.0 Å². The molecule has 0 bridgehead atoms. The molecule has 0 aliphatic carbocycles. The first kappa shape index (κ1) is 14.2. The van der Waals surface area contributed by atoms with Crippen LogP contribution in [0.1, 0.15) is 38.3 Å². The molecule has 0 saturated heterocycles. The number of hydrazine groups is 1. The van der Waals surface area contributed by atoms with Crippen LogP contribution in [-0.4, -0.2) is 20.1 Å². The van der Waals surface area contributed by atoms with E-state index in [0.717, 1.165) is 0 Å². The summed E-state index contributed by atoms with van der Waals surface area (Å²) in [6.45, 7) is 8.27. The lowest BCUT2D eigenvalue weighted by atomic mass is 9.96. The minimum absolute atomic E-state index is 0.175. The average molecular weight is 277 g/mol. The number of rotatable bonds is 4. The van der Waals surface area contributed by atoms with Gasteiger partial charge in [0.1, 0.15) is 17.5 Å². The van der Waals surface area contributed by atoms with Gasteiger partial charge in [-0.1, -0.05) is 25.9 Å². The van der Waals surface area contributed by atoms with E-state index < -0.39 is 0 Å². The number of hydrogen-bond acceptors (Lipinski definition) is 8. The Kier molecular flexibility index (Phi) is 3.84. The fourth-order valence-corrected chi connectivity index (χ4v) is 1.53. The summed E-state index contributed by atoms with van der Waals surface area (Å²) in [5, 5.41) is 6.94.